The number of ether oxygens (including phenoxy) is 1. The van der Waals surface area contributed by atoms with Crippen molar-refractivity contribution in [2.24, 2.45) is 0 Å². The Morgan fingerprint density at radius 2 is 1.65 bits per heavy atom. The standard InChI is InChI=1S/C14H23NO2/c16-12-8-4-2-1-3-5-9-13-17-14-10-6-7-11-15-14/h6-7,10-11,16H,1-5,8-9,12-13H2. The molecule has 1 aromatic heterocycles. The third kappa shape index (κ3) is 7.75. The molecular weight excluding hydrogens is 214 g/mol. The molecule has 0 aliphatic carbocycles. The van der Waals surface area contributed by atoms with Crippen LogP contribution in [-0.4, -0.2) is 23.3 Å². The van der Waals surface area contributed by atoms with E-state index < -0.39 is 0 Å². The molecule has 0 amide bonds. The summed E-state index contributed by atoms with van der Waals surface area (Å²) in [5, 5.41) is 8.62. The second-order valence-corrected chi connectivity index (χ2v) is 4.21. The van der Waals surface area contributed by atoms with E-state index in [1.54, 1.807) is 6.20 Å². The number of aromatic nitrogens is 1. The number of nitrogens with zero attached hydrogens (tertiary/aromatic N) is 1. The van der Waals surface area contributed by atoms with Crippen molar-refractivity contribution >= 4 is 0 Å². The molecule has 1 rings (SSSR count). The summed E-state index contributed by atoms with van der Waals surface area (Å²) in [5.41, 5.74) is 0. The monoisotopic (exact) mass is 237 g/mol. The molecule has 96 valence electrons. The molecule has 0 saturated carbocycles. The first-order valence-electron chi connectivity index (χ1n) is 6.58. The summed E-state index contributed by atoms with van der Waals surface area (Å²) in [6.45, 7) is 1.09. The summed E-state index contributed by atoms with van der Waals surface area (Å²) in [6, 6.07) is 5.71. The highest BCUT2D eigenvalue weighted by Crippen LogP contribution is 2.08. The van der Waals surface area contributed by atoms with E-state index >= 15 is 0 Å². The SMILES string of the molecule is OCCCCCCCCCOc1ccccn1. The van der Waals surface area contributed by atoms with Crippen molar-refractivity contribution in [3.63, 3.8) is 0 Å². The van der Waals surface area contributed by atoms with Crippen LogP contribution in [0.5, 0.6) is 5.88 Å². The van der Waals surface area contributed by atoms with Gasteiger partial charge in [0.15, 0.2) is 0 Å². The van der Waals surface area contributed by atoms with Gasteiger partial charge in [-0.3, -0.25) is 0 Å². The summed E-state index contributed by atoms with van der Waals surface area (Å²) in [5.74, 6) is 0.718. The number of aliphatic hydroxyl groups is 1. The van der Waals surface area contributed by atoms with Crippen LogP contribution in [0.3, 0.4) is 0 Å². The highest BCUT2D eigenvalue weighted by molar-refractivity contribution is 5.08. The lowest BCUT2D eigenvalue weighted by molar-refractivity contribution is 0.281. The predicted octanol–water partition coefficient (Wildman–Crippen LogP) is 3.18. The first-order chi connectivity index (χ1) is 8.43. The minimum Gasteiger partial charge on any atom is -0.478 e. The number of pyridine rings is 1. The maximum Gasteiger partial charge on any atom is 0.213 e. The molecule has 17 heavy (non-hydrogen) atoms. The molecule has 1 heterocycles. The summed E-state index contributed by atoms with van der Waals surface area (Å²) in [4.78, 5) is 4.10. The Morgan fingerprint density at radius 3 is 2.29 bits per heavy atom. The van der Waals surface area contributed by atoms with Crippen molar-refractivity contribution in [2.45, 2.75) is 44.9 Å². The number of rotatable bonds is 10. The zero-order chi connectivity index (χ0) is 12.2. The Hall–Kier alpha value is -1.09. The van der Waals surface area contributed by atoms with E-state index in [9.17, 15) is 0 Å². The number of hydrogen-bond acceptors (Lipinski definition) is 3. The Bertz CT molecular complexity index is 264. The molecule has 0 fully saturated rings. The lowest BCUT2D eigenvalue weighted by atomic mass is 10.1. The molecule has 0 aliphatic heterocycles. The normalized spacial score (nSPS) is 10.4. The highest BCUT2D eigenvalue weighted by atomic mass is 16.5. The Balaban J connectivity index is 1.85. The molecule has 3 heteroatoms. The van der Waals surface area contributed by atoms with Crippen molar-refractivity contribution in [1.29, 1.82) is 0 Å². The van der Waals surface area contributed by atoms with E-state index in [4.69, 9.17) is 9.84 Å². The number of hydrogen-bond donors (Lipinski definition) is 1. The van der Waals surface area contributed by atoms with Crippen molar-refractivity contribution in [3.05, 3.63) is 24.4 Å². The van der Waals surface area contributed by atoms with Crippen LogP contribution >= 0.6 is 0 Å². The first-order valence-corrected chi connectivity index (χ1v) is 6.58. The molecule has 0 bridgehead atoms. The van der Waals surface area contributed by atoms with Crippen LogP contribution in [0.2, 0.25) is 0 Å². The molecule has 3 nitrogen and oxygen atoms in total. The summed E-state index contributed by atoms with van der Waals surface area (Å²) in [7, 11) is 0. The predicted molar refractivity (Wildman–Crippen MR) is 69.1 cm³/mol. The molecule has 0 spiro atoms. The van der Waals surface area contributed by atoms with Gasteiger partial charge >= 0.3 is 0 Å². The zero-order valence-electron chi connectivity index (χ0n) is 10.5. The van der Waals surface area contributed by atoms with Crippen LogP contribution in [-0.2, 0) is 0 Å². The van der Waals surface area contributed by atoms with Gasteiger partial charge in [0.2, 0.25) is 5.88 Å². The average molecular weight is 237 g/mol. The van der Waals surface area contributed by atoms with Gasteiger partial charge in [0.25, 0.3) is 0 Å². The van der Waals surface area contributed by atoms with Crippen LogP contribution in [0.4, 0.5) is 0 Å². The maximum atomic E-state index is 8.62. The summed E-state index contributed by atoms with van der Waals surface area (Å²) in [6.07, 6.45) is 9.92. The van der Waals surface area contributed by atoms with Crippen molar-refractivity contribution < 1.29 is 9.84 Å². The van der Waals surface area contributed by atoms with Crippen LogP contribution < -0.4 is 4.74 Å². The average Bonchev–Trinajstić information content (AvgIpc) is 2.38. The van der Waals surface area contributed by atoms with Gasteiger partial charge in [0, 0.05) is 18.9 Å². The molecule has 0 unspecified atom stereocenters. The Kier molecular flexibility index (Phi) is 8.29. The van der Waals surface area contributed by atoms with Gasteiger partial charge in [-0.1, -0.05) is 38.2 Å². The van der Waals surface area contributed by atoms with Gasteiger partial charge in [-0.2, -0.15) is 0 Å². The minimum absolute atomic E-state index is 0.331. The second kappa shape index (κ2) is 10.1. The fourth-order valence-electron chi connectivity index (χ4n) is 1.71. The van der Waals surface area contributed by atoms with Gasteiger partial charge in [-0.15, -0.1) is 0 Å². The summed E-state index contributed by atoms with van der Waals surface area (Å²) >= 11 is 0. The Morgan fingerprint density at radius 1 is 0.941 bits per heavy atom. The zero-order valence-corrected chi connectivity index (χ0v) is 10.5. The lowest BCUT2D eigenvalue weighted by Crippen LogP contribution is -1.98. The minimum atomic E-state index is 0.331. The second-order valence-electron chi connectivity index (χ2n) is 4.21. The van der Waals surface area contributed by atoms with Crippen LogP contribution in [0, 0.1) is 0 Å². The molecular formula is C14H23NO2. The third-order valence-corrected chi connectivity index (χ3v) is 2.69. The van der Waals surface area contributed by atoms with E-state index in [2.05, 4.69) is 4.98 Å². The van der Waals surface area contributed by atoms with Gasteiger partial charge in [0.05, 0.1) is 6.61 Å². The van der Waals surface area contributed by atoms with Gasteiger partial charge < -0.3 is 9.84 Å². The van der Waals surface area contributed by atoms with E-state index in [0.29, 0.717) is 6.61 Å². The van der Waals surface area contributed by atoms with Crippen molar-refractivity contribution in [1.82, 2.24) is 4.98 Å². The topological polar surface area (TPSA) is 42.4 Å². The van der Waals surface area contributed by atoms with E-state index in [0.717, 1.165) is 31.7 Å². The van der Waals surface area contributed by atoms with E-state index in [-0.39, 0.29) is 0 Å². The van der Waals surface area contributed by atoms with Gasteiger partial charge in [0.1, 0.15) is 0 Å². The van der Waals surface area contributed by atoms with Gasteiger partial charge in [-0.25, -0.2) is 4.98 Å². The maximum absolute atomic E-state index is 8.62. The van der Waals surface area contributed by atoms with Crippen LogP contribution in [0.15, 0.2) is 24.4 Å². The number of unbranched alkanes of at least 4 members (excludes halogenated alkanes) is 6. The fourth-order valence-corrected chi connectivity index (χ4v) is 1.71. The van der Waals surface area contributed by atoms with Crippen molar-refractivity contribution in [3.8, 4) is 5.88 Å². The quantitative estimate of drug-likeness (QED) is 0.635. The van der Waals surface area contributed by atoms with E-state index in [1.807, 2.05) is 18.2 Å². The molecule has 1 aromatic rings. The van der Waals surface area contributed by atoms with Crippen molar-refractivity contribution in [2.75, 3.05) is 13.2 Å². The molecule has 0 saturated heterocycles. The summed E-state index contributed by atoms with van der Waals surface area (Å²) < 4.78 is 5.51. The van der Waals surface area contributed by atoms with E-state index in [1.165, 1.54) is 25.7 Å². The smallest absolute Gasteiger partial charge is 0.213 e. The molecule has 1 N–H and O–H groups in total. The number of aliphatic hydroxyl groups excluding tert-OH is 1. The Labute approximate surface area is 104 Å². The molecule has 0 aliphatic rings. The van der Waals surface area contributed by atoms with Crippen LogP contribution in [0.25, 0.3) is 0 Å². The lowest BCUT2D eigenvalue weighted by Gasteiger charge is -2.04. The first kappa shape index (κ1) is 14.0. The highest BCUT2D eigenvalue weighted by Gasteiger charge is 1.94. The van der Waals surface area contributed by atoms with Gasteiger partial charge in [-0.05, 0) is 18.9 Å². The molecule has 0 radical (unpaired) electrons. The largest absolute Gasteiger partial charge is 0.478 e. The third-order valence-electron chi connectivity index (χ3n) is 2.69. The van der Waals surface area contributed by atoms with Crippen LogP contribution in [0.1, 0.15) is 44.9 Å². The molecule has 0 atom stereocenters. The molecule has 0 aromatic carbocycles. The fraction of sp³-hybridized carbons (Fsp3) is 0.643.